The van der Waals surface area contributed by atoms with Crippen LogP contribution in [0.5, 0.6) is 0 Å². The second kappa shape index (κ2) is 5.88. The molecule has 2 aliphatic carbocycles. The van der Waals surface area contributed by atoms with Crippen molar-refractivity contribution in [2.45, 2.75) is 57.1 Å². The first kappa shape index (κ1) is 14.0. The lowest BCUT2D eigenvalue weighted by atomic mass is 9.85. The maximum atomic E-state index is 12.2. The third-order valence-electron chi connectivity index (χ3n) is 5.57. The maximum Gasteiger partial charge on any atom is 0.220 e. The summed E-state index contributed by atoms with van der Waals surface area (Å²) in [6.07, 6.45) is 8.73. The van der Waals surface area contributed by atoms with Crippen LogP contribution in [0.4, 0.5) is 0 Å². The molecule has 0 aromatic heterocycles. The summed E-state index contributed by atoms with van der Waals surface area (Å²) in [5.41, 5.74) is 0. The van der Waals surface area contributed by atoms with Crippen LogP contribution in [-0.4, -0.2) is 49.2 Å². The monoisotopic (exact) mass is 292 g/mol. The number of fused-ring (bicyclic) bond motifs is 1. The van der Waals surface area contributed by atoms with Crippen LogP contribution in [0.2, 0.25) is 0 Å². The van der Waals surface area contributed by atoms with Crippen molar-refractivity contribution in [1.29, 1.82) is 0 Å². The Morgan fingerprint density at radius 1 is 1.10 bits per heavy atom. The number of carbonyl (C=O) groups excluding carboxylic acids is 1. The predicted octanol–water partition coefficient (Wildman–Crippen LogP) is 1.79. The van der Waals surface area contributed by atoms with E-state index in [9.17, 15) is 4.79 Å². The van der Waals surface area contributed by atoms with E-state index in [2.05, 4.69) is 10.2 Å². The largest absolute Gasteiger partial charge is 0.376 e. The quantitative estimate of drug-likeness (QED) is 0.840. The summed E-state index contributed by atoms with van der Waals surface area (Å²) >= 11 is 0. The first-order valence-corrected chi connectivity index (χ1v) is 8.91. The molecule has 2 saturated carbocycles. The van der Waals surface area contributed by atoms with Crippen LogP contribution in [0.1, 0.15) is 44.9 Å². The van der Waals surface area contributed by atoms with E-state index in [-0.39, 0.29) is 18.1 Å². The lowest BCUT2D eigenvalue weighted by Gasteiger charge is -2.46. The molecule has 4 aliphatic rings. The van der Waals surface area contributed by atoms with Crippen LogP contribution in [0.3, 0.4) is 0 Å². The lowest BCUT2D eigenvalue weighted by molar-refractivity contribution is -0.128. The molecule has 4 nitrogen and oxygen atoms in total. The summed E-state index contributed by atoms with van der Waals surface area (Å²) in [4.78, 5) is 14.8. The molecule has 0 radical (unpaired) electrons. The van der Waals surface area contributed by atoms with Gasteiger partial charge in [0.1, 0.15) is 0 Å². The van der Waals surface area contributed by atoms with Crippen molar-refractivity contribution >= 4 is 5.91 Å². The van der Waals surface area contributed by atoms with Gasteiger partial charge in [-0.05, 0) is 56.3 Å². The Morgan fingerprint density at radius 2 is 1.90 bits per heavy atom. The molecule has 118 valence electrons. The molecule has 2 aliphatic heterocycles. The molecule has 0 aromatic rings. The van der Waals surface area contributed by atoms with Crippen molar-refractivity contribution in [2.75, 3.05) is 26.2 Å². The number of likely N-dealkylation sites (tertiary alicyclic amines) is 1. The molecule has 4 fully saturated rings. The highest BCUT2D eigenvalue weighted by atomic mass is 16.5. The zero-order valence-electron chi connectivity index (χ0n) is 12.9. The minimum Gasteiger partial charge on any atom is -0.376 e. The first-order chi connectivity index (χ1) is 10.3. The molecule has 0 bridgehead atoms. The molecule has 1 N–H and O–H groups in total. The van der Waals surface area contributed by atoms with Gasteiger partial charge in [0.2, 0.25) is 5.91 Å². The minimum absolute atomic E-state index is 0.217. The molecule has 0 aromatic carbocycles. The zero-order chi connectivity index (χ0) is 14.2. The van der Waals surface area contributed by atoms with E-state index in [1.54, 1.807) is 0 Å². The molecule has 21 heavy (non-hydrogen) atoms. The van der Waals surface area contributed by atoms with Gasteiger partial charge in [-0.3, -0.25) is 4.79 Å². The standard InChI is InChI=1S/C17H28N2O2/c20-16(8-12-3-4-12)18-15-11-19(9-13-5-6-13)10-14-2-1-7-21-17(14)15/h12-15,17H,1-11H2,(H,18,20)/t14-,15+,17-/m0/s1. The van der Waals surface area contributed by atoms with Crippen molar-refractivity contribution in [2.24, 2.45) is 17.8 Å². The fourth-order valence-corrected chi connectivity index (χ4v) is 4.09. The van der Waals surface area contributed by atoms with Crippen LogP contribution >= 0.6 is 0 Å². The highest BCUT2D eigenvalue weighted by Gasteiger charge is 2.41. The number of ether oxygens (including phenoxy) is 1. The van der Waals surface area contributed by atoms with Gasteiger partial charge in [0.15, 0.2) is 0 Å². The Morgan fingerprint density at radius 3 is 2.67 bits per heavy atom. The van der Waals surface area contributed by atoms with Crippen LogP contribution < -0.4 is 5.32 Å². The number of rotatable bonds is 5. The fraction of sp³-hybridized carbons (Fsp3) is 0.941. The van der Waals surface area contributed by atoms with E-state index in [1.165, 1.54) is 51.6 Å². The van der Waals surface area contributed by atoms with Crippen LogP contribution in [-0.2, 0) is 9.53 Å². The normalized spacial score (nSPS) is 37.0. The highest BCUT2D eigenvalue weighted by molar-refractivity contribution is 5.76. The average Bonchev–Trinajstić information content (AvgIpc) is 3.35. The van der Waals surface area contributed by atoms with Gasteiger partial charge in [-0.2, -0.15) is 0 Å². The Kier molecular flexibility index (Phi) is 3.92. The van der Waals surface area contributed by atoms with Crippen molar-refractivity contribution in [3.05, 3.63) is 0 Å². The minimum atomic E-state index is 0.217. The highest BCUT2D eigenvalue weighted by Crippen LogP contribution is 2.35. The average molecular weight is 292 g/mol. The summed E-state index contributed by atoms with van der Waals surface area (Å²) in [6, 6.07) is 0.217. The molecule has 1 amide bonds. The maximum absolute atomic E-state index is 12.2. The topological polar surface area (TPSA) is 41.6 Å². The summed E-state index contributed by atoms with van der Waals surface area (Å²) in [6.45, 7) is 4.28. The van der Waals surface area contributed by atoms with E-state index < -0.39 is 0 Å². The van der Waals surface area contributed by atoms with Gasteiger partial charge in [0.05, 0.1) is 12.1 Å². The smallest absolute Gasteiger partial charge is 0.220 e. The van der Waals surface area contributed by atoms with E-state index >= 15 is 0 Å². The van der Waals surface area contributed by atoms with E-state index in [0.29, 0.717) is 11.8 Å². The first-order valence-electron chi connectivity index (χ1n) is 8.91. The van der Waals surface area contributed by atoms with Crippen LogP contribution in [0.25, 0.3) is 0 Å². The van der Waals surface area contributed by atoms with Gasteiger partial charge in [0.25, 0.3) is 0 Å². The molecule has 4 rings (SSSR count). The number of carbonyl (C=O) groups is 1. The number of piperidine rings is 1. The van der Waals surface area contributed by atoms with Crippen molar-refractivity contribution < 1.29 is 9.53 Å². The number of amides is 1. The van der Waals surface area contributed by atoms with Crippen molar-refractivity contribution in [3.63, 3.8) is 0 Å². The molecular weight excluding hydrogens is 264 g/mol. The summed E-state index contributed by atoms with van der Waals surface area (Å²) in [5, 5.41) is 3.31. The molecule has 4 heteroatoms. The second-order valence-electron chi connectivity index (χ2n) is 7.72. The Hall–Kier alpha value is -0.610. The molecule has 0 spiro atoms. The summed E-state index contributed by atoms with van der Waals surface area (Å²) < 4.78 is 6.04. The van der Waals surface area contributed by atoms with Gasteiger partial charge >= 0.3 is 0 Å². The summed E-state index contributed by atoms with van der Waals surface area (Å²) in [7, 11) is 0. The van der Waals surface area contributed by atoms with E-state index in [4.69, 9.17) is 4.74 Å². The predicted molar refractivity (Wildman–Crippen MR) is 80.9 cm³/mol. The number of hydrogen-bond acceptors (Lipinski definition) is 3. The lowest BCUT2D eigenvalue weighted by Crippen LogP contribution is -2.61. The summed E-state index contributed by atoms with van der Waals surface area (Å²) in [5.74, 6) is 2.47. The number of hydrogen-bond donors (Lipinski definition) is 1. The molecule has 3 atom stereocenters. The van der Waals surface area contributed by atoms with E-state index in [1.807, 2.05) is 0 Å². The zero-order valence-corrected chi connectivity index (χ0v) is 12.9. The number of nitrogens with one attached hydrogen (secondary N) is 1. The van der Waals surface area contributed by atoms with Crippen molar-refractivity contribution in [3.8, 4) is 0 Å². The van der Waals surface area contributed by atoms with Crippen molar-refractivity contribution in [1.82, 2.24) is 10.2 Å². The molecule has 0 unspecified atom stereocenters. The Balaban J connectivity index is 1.38. The second-order valence-corrected chi connectivity index (χ2v) is 7.72. The van der Waals surface area contributed by atoms with E-state index in [0.717, 1.165) is 25.5 Å². The third-order valence-corrected chi connectivity index (χ3v) is 5.57. The van der Waals surface area contributed by atoms with Gasteiger partial charge < -0.3 is 15.0 Å². The Bertz CT molecular complexity index is 392. The molecular formula is C17H28N2O2. The number of nitrogens with zero attached hydrogens (tertiary/aromatic N) is 1. The van der Waals surface area contributed by atoms with Gasteiger partial charge in [-0.15, -0.1) is 0 Å². The van der Waals surface area contributed by atoms with Gasteiger partial charge in [-0.25, -0.2) is 0 Å². The molecule has 2 saturated heterocycles. The third kappa shape index (κ3) is 3.59. The van der Waals surface area contributed by atoms with Crippen LogP contribution in [0, 0.1) is 17.8 Å². The molecule has 2 heterocycles. The SMILES string of the molecule is O=C(CC1CC1)N[C@@H]1CN(CC2CC2)C[C@@H]2CCCO[C@@H]21. The van der Waals surface area contributed by atoms with Gasteiger partial charge in [-0.1, -0.05) is 0 Å². The Labute approximate surface area is 127 Å². The van der Waals surface area contributed by atoms with Gasteiger partial charge in [0, 0.05) is 32.7 Å². The van der Waals surface area contributed by atoms with Crippen LogP contribution in [0.15, 0.2) is 0 Å². The fourth-order valence-electron chi connectivity index (χ4n) is 4.09.